The van der Waals surface area contributed by atoms with Gasteiger partial charge < -0.3 is 5.11 Å². The molecule has 0 unspecified atom stereocenters. The second-order valence-corrected chi connectivity index (χ2v) is 3.64. The number of hydrogen-bond acceptors (Lipinski definition) is 2. The molecule has 0 aliphatic heterocycles. The lowest BCUT2D eigenvalue weighted by Crippen LogP contribution is -2.07. The molecule has 13 heavy (non-hydrogen) atoms. The maximum Gasteiger partial charge on any atom is 0.328 e. The molecule has 0 aliphatic rings. The van der Waals surface area contributed by atoms with Gasteiger partial charge >= 0.3 is 5.97 Å². The number of aliphatic carboxylic acids is 1. The zero-order chi connectivity index (χ0) is 10.5. The Kier molecular flexibility index (Phi) is 3.93. The smallest absolute Gasteiger partial charge is 0.328 e. The first-order valence-corrected chi connectivity index (χ1v) is 3.90. The van der Waals surface area contributed by atoms with Gasteiger partial charge in [0.25, 0.3) is 0 Å². The van der Waals surface area contributed by atoms with Gasteiger partial charge in [-0.05, 0) is 11.5 Å². The van der Waals surface area contributed by atoms with E-state index < -0.39 is 5.97 Å². The Morgan fingerprint density at radius 2 is 2.00 bits per heavy atom. The van der Waals surface area contributed by atoms with Crippen LogP contribution in [0.4, 0.5) is 0 Å². The van der Waals surface area contributed by atoms with E-state index in [1.165, 1.54) is 12.2 Å². The van der Waals surface area contributed by atoms with Crippen molar-refractivity contribution in [2.24, 2.45) is 5.41 Å². The van der Waals surface area contributed by atoms with E-state index in [-0.39, 0.29) is 5.41 Å². The number of allylic oxidation sites excluding steroid dienone is 3. The van der Waals surface area contributed by atoms with Crippen LogP contribution in [-0.4, -0.2) is 11.1 Å². The van der Waals surface area contributed by atoms with E-state index in [9.17, 15) is 4.79 Å². The number of carboxylic acid groups (broad SMARTS) is 1. The highest BCUT2D eigenvalue weighted by Gasteiger charge is 2.15. The van der Waals surface area contributed by atoms with Crippen molar-refractivity contribution < 1.29 is 9.90 Å². The molecule has 0 spiro atoms. The van der Waals surface area contributed by atoms with Gasteiger partial charge in [0, 0.05) is 11.6 Å². The van der Waals surface area contributed by atoms with E-state index in [1.54, 1.807) is 0 Å². The summed E-state index contributed by atoms with van der Waals surface area (Å²) in [5.74, 6) is -1.01. The van der Waals surface area contributed by atoms with Gasteiger partial charge in [-0.3, -0.25) is 0 Å². The van der Waals surface area contributed by atoms with Crippen LogP contribution < -0.4 is 0 Å². The Balaban J connectivity index is 4.63. The van der Waals surface area contributed by atoms with Crippen LogP contribution in [0.5, 0.6) is 0 Å². The fourth-order valence-corrected chi connectivity index (χ4v) is 0.682. The maximum atomic E-state index is 10.1. The average molecular weight is 179 g/mol. The Morgan fingerprint density at radius 1 is 1.46 bits per heavy atom. The summed E-state index contributed by atoms with van der Waals surface area (Å²) in [7, 11) is 0. The molecule has 0 saturated carbocycles. The number of hydrogen-bond donors (Lipinski definition) is 1. The number of carbonyl (C=O) groups is 1. The highest BCUT2D eigenvalue weighted by molar-refractivity contribution is 5.80. The Labute approximate surface area is 78.0 Å². The molecule has 0 aliphatic carbocycles. The quantitative estimate of drug-likeness (QED) is 0.401. The number of nitrogens with zero attached hydrogens (tertiary/aromatic N) is 1. The van der Waals surface area contributed by atoms with Crippen molar-refractivity contribution >= 4 is 5.97 Å². The topological polar surface area (TPSA) is 61.1 Å². The molecule has 0 bridgehead atoms. The third kappa shape index (κ3) is 4.81. The van der Waals surface area contributed by atoms with Crippen molar-refractivity contribution in [2.45, 2.75) is 20.8 Å². The number of rotatable bonds is 2. The summed E-state index contributed by atoms with van der Waals surface area (Å²) in [6, 6.07) is 2.03. The molecule has 0 heterocycles. The summed E-state index contributed by atoms with van der Waals surface area (Å²) in [4.78, 5) is 10.1. The van der Waals surface area contributed by atoms with Crippen molar-refractivity contribution in [3.8, 4) is 6.07 Å². The van der Waals surface area contributed by atoms with Gasteiger partial charge in [0.05, 0.1) is 6.07 Å². The molecule has 0 fully saturated rings. The van der Waals surface area contributed by atoms with Gasteiger partial charge in [-0.15, -0.1) is 0 Å². The van der Waals surface area contributed by atoms with Gasteiger partial charge in [-0.2, -0.15) is 5.26 Å². The van der Waals surface area contributed by atoms with E-state index in [0.29, 0.717) is 5.57 Å². The first-order chi connectivity index (χ1) is 5.88. The summed E-state index contributed by atoms with van der Waals surface area (Å²) in [5.41, 5.74) is 0.322. The molecule has 0 atom stereocenters. The molecule has 0 rings (SSSR count). The fourth-order valence-electron chi connectivity index (χ4n) is 0.682. The van der Waals surface area contributed by atoms with E-state index in [0.717, 1.165) is 6.08 Å². The van der Waals surface area contributed by atoms with E-state index in [1.807, 2.05) is 26.8 Å². The van der Waals surface area contributed by atoms with Crippen molar-refractivity contribution in [3.05, 3.63) is 23.8 Å². The second-order valence-electron chi connectivity index (χ2n) is 3.64. The molecule has 0 saturated heterocycles. The summed E-state index contributed by atoms with van der Waals surface area (Å²) in [5, 5.41) is 17.0. The third-order valence-electron chi connectivity index (χ3n) is 1.43. The molecule has 3 nitrogen and oxygen atoms in total. The average Bonchev–Trinajstić information content (AvgIpc) is 1.95. The molecular formula is C10H13NO2. The molecule has 1 N–H and O–H groups in total. The molecule has 0 radical (unpaired) electrons. The van der Waals surface area contributed by atoms with Crippen LogP contribution in [0.3, 0.4) is 0 Å². The predicted octanol–water partition coefficient (Wildman–Crippen LogP) is 2.12. The van der Waals surface area contributed by atoms with Crippen LogP contribution in [0.1, 0.15) is 20.8 Å². The SMILES string of the molecule is CC(C)(C)C(C#N)=CC=CC(=O)O. The van der Waals surface area contributed by atoms with Crippen LogP contribution in [-0.2, 0) is 4.79 Å². The van der Waals surface area contributed by atoms with Crippen molar-refractivity contribution in [1.29, 1.82) is 5.26 Å². The monoisotopic (exact) mass is 179 g/mol. The van der Waals surface area contributed by atoms with Crippen LogP contribution >= 0.6 is 0 Å². The van der Waals surface area contributed by atoms with Crippen LogP contribution in [0.2, 0.25) is 0 Å². The Bertz CT molecular complexity index is 287. The Morgan fingerprint density at radius 3 is 2.31 bits per heavy atom. The molecule has 3 heteroatoms. The largest absolute Gasteiger partial charge is 0.478 e. The fraction of sp³-hybridized carbons (Fsp3) is 0.400. The van der Waals surface area contributed by atoms with Gasteiger partial charge in [0.15, 0.2) is 0 Å². The van der Waals surface area contributed by atoms with E-state index in [2.05, 4.69) is 0 Å². The molecule has 0 amide bonds. The Hall–Kier alpha value is -1.56. The van der Waals surface area contributed by atoms with Gasteiger partial charge in [-0.25, -0.2) is 4.79 Å². The first kappa shape index (κ1) is 11.4. The van der Waals surface area contributed by atoms with Crippen molar-refractivity contribution in [2.75, 3.05) is 0 Å². The standard InChI is InChI=1S/C10H13NO2/c1-10(2,3)8(7-11)5-4-6-9(12)13/h4-6H,1-3H3,(H,12,13). The molecule has 0 aromatic heterocycles. The molecule has 0 aromatic carbocycles. The highest BCUT2D eigenvalue weighted by Crippen LogP contribution is 2.23. The minimum atomic E-state index is -1.01. The minimum absolute atomic E-state index is 0.238. The molecule has 70 valence electrons. The molecular weight excluding hydrogens is 166 g/mol. The minimum Gasteiger partial charge on any atom is -0.478 e. The third-order valence-corrected chi connectivity index (χ3v) is 1.43. The summed E-state index contributed by atoms with van der Waals surface area (Å²) in [6.07, 6.45) is 3.89. The first-order valence-electron chi connectivity index (χ1n) is 3.90. The van der Waals surface area contributed by atoms with E-state index in [4.69, 9.17) is 10.4 Å². The van der Waals surface area contributed by atoms with Gasteiger partial charge in [-0.1, -0.05) is 26.8 Å². The number of carboxylic acids is 1. The molecule has 0 aromatic rings. The van der Waals surface area contributed by atoms with Crippen LogP contribution in [0, 0.1) is 16.7 Å². The lowest BCUT2D eigenvalue weighted by atomic mass is 9.87. The van der Waals surface area contributed by atoms with Gasteiger partial charge in [0.2, 0.25) is 0 Å². The van der Waals surface area contributed by atoms with Crippen LogP contribution in [0.25, 0.3) is 0 Å². The second kappa shape index (κ2) is 4.46. The maximum absolute atomic E-state index is 10.1. The summed E-state index contributed by atoms with van der Waals surface area (Å²) in [6.45, 7) is 5.70. The van der Waals surface area contributed by atoms with Gasteiger partial charge in [0.1, 0.15) is 0 Å². The highest BCUT2D eigenvalue weighted by atomic mass is 16.4. The van der Waals surface area contributed by atoms with Crippen LogP contribution in [0.15, 0.2) is 23.8 Å². The zero-order valence-electron chi connectivity index (χ0n) is 8.03. The summed E-state index contributed by atoms with van der Waals surface area (Å²) < 4.78 is 0. The normalized spacial score (nSPS) is 12.9. The van der Waals surface area contributed by atoms with Crippen molar-refractivity contribution in [1.82, 2.24) is 0 Å². The predicted molar refractivity (Wildman–Crippen MR) is 49.9 cm³/mol. The lowest BCUT2D eigenvalue weighted by molar-refractivity contribution is -0.131. The van der Waals surface area contributed by atoms with E-state index >= 15 is 0 Å². The lowest BCUT2D eigenvalue weighted by Gasteiger charge is -2.15. The van der Waals surface area contributed by atoms with Crippen molar-refractivity contribution in [3.63, 3.8) is 0 Å². The zero-order valence-corrected chi connectivity index (χ0v) is 8.03. The number of nitriles is 1. The summed E-state index contributed by atoms with van der Waals surface area (Å²) >= 11 is 0.